The quantitative estimate of drug-likeness (QED) is 0.678. The fraction of sp³-hybridized carbons (Fsp3) is 0.250. The largest absolute Gasteiger partial charge is 0.493 e. The maximum absolute atomic E-state index is 5.95. The second-order valence-electron chi connectivity index (χ2n) is 6.52. The molecule has 4 rings (SSSR count). The molecule has 3 aromatic rings. The number of benzene rings is 2. The van der Waals surface area contributed by atoms with Crippen LogP contribution in [0.2, 0.25) is 0 Å². The van der Waals surface area contributed by atoms with E-state index in [1.165, 1.54) is 0 Å². The summed E-state index contributed by atoms with van der Waals surface area (Å²) >= 11 is 0. The Morgan fingerprint density at radius 2 is 1.54 bits per heavy atom. The van der Waals surface area contributed by atoms with E-state index in [2.05, 4.69) is 22.0 Å². The van der Waals surface area contributed by atoms with Gasteiger partial charge in [-0.1, -0.05) is 12.1 Å². The first-order chi connectivity index (χ1) is 12.7. The molecule has 5 nitrogen and oxygen atoms in total. The van der Waals surface area contributed by atoms with E-state index in [0.717, 1.165) is 47.7 Å². The van der Waals surface area contributed by atoms with E-state index in [9.17, 15) is 0 Å². The molecule has 0 atom stereocenters. The lowest BCUT2D eigenvalue weighted by molar-refractivity contribution is 0.143. The maximum atomic E-state index is 5.95. The van der Waals surface area contributed by atoms with Gasteiger partial charge in [0.25, 0.3) is 0 Å². The predicted molar refractivity (Wildman–Crippen MR) is 104 cm³/mol. The van der Waals surface area contributed by atoms with Crippen LogP contribution in [0.25, 0.3) is 22.8 Å². The minimum absolute atomic E-state index is 0.270. The van der Waals surface area contributed by atoms with Crippen LogP contribution in [-0.2, 0) is 9.31 Å². The number of hydrogen-bond donors (Lipinski definition) is 0. The number of rotatable bonds is 4. The second-order valence-corrected chi connectivity index (χ2v) is 6.52. The number of anilines is 1. The molecule has 1 aromatic heterocycles. The van der Waals surface area contributed by atoms with Crippen LogP contribution in [0, 0.1) is 0 Å². The van der Waals surface area contributed by atoms with E-state index in [4.69, 9.17) is 13.7 Å². The van der Waals surface area contributed by atoms with Crippen LogP contribution in [0.5, 0.6) is 0 Å². The van der Waals surface area contributed by atoms with Gasteiger partial charge in [0.2, 0.25) is 5.89 Å². The number of oxazole rings is 1. The Bertz CT molecular complexity index is 854. The van der Waals surface area contributed by atoms with Gasteiger partial charge in [-0.2, -0.15) is 0 Å². The van der Waals surface area contributed by atoms with Crippen molar-refractivity contribution in [2.24, 2.45) is 0 Å². The molecule has 1 aliphatic heterocycles. The topological polar surface area (TPSA) is 47.7 Å². The Morgan fingerprint density at radius 1 is 0.885 bits per heavy atom. The lowest BCUT2D eigenvalue weighted by Gasteiger charge is -2.19. The van der Waals surface area contributed by atoms with Crippen molar-refractivity contribution in [1.82, 2.24) is 4.98 Å². The summed E-state index contributed by atoms with van der Waals surface area (Å²) in [5.74, 6) is 1.36. The highest BCUT2D eigenvalue weighted by atomic mass is 16.6. The molecule has 0 amide bonds. The molecule has 0 saturated carbocycles. The van der Waals surface area contributed by atoms with Crippen molar-refractivity contribution in [2.75, 3.05) is 32.2 Å². The van der Waals surface area contributed by atoms with Crippen LogP contribution >= 0.6 is 0 Å². The van der Waals surface area contributed by atoms with Crippen LogP contribution in [0.4, 0.5) is 5.69 Å². The molecule has 0 radical (unpaired) electrons. The third-order valence-corrected chi connectivity index (χ3v) is 4.43. The molecule has 0 aliphatic carbocycles. The fourth-order valence-corrected chi connectivity index (χ4v) is 2.93. The SMILES string of the molecule is CN(C)c1ccc(-c2cnc(-c3ccc(B4OCCCO4)cc3)o2)cc1. The summed E-state index contributed by atoms with van der Waals surface area (Å²) in [5, 5.41) is 0. The first kappa shape index (κ1) is 16.9. The number of nitrogens with zero attached hydrogens (tertiary/aromatic N) is 2. The van der Waals surface area contributed by atoms with Crippen LogP contribution in [-0.4, -0.2) is 39.4 Å². The van der Waals surface area contributed by atoms with Gasteiger partial charge in [0.05, 0.1) is 6.20 Å². The van der Waals surface area contributed by atoms with Crippen LogP contribution < -0.4 is 10.4 Å². The molecule has 0 N–H and O–H groups in total. The summed E-state index contributed by atoms with van der Waals surface area (Å²) in [6.45, 7) is 1.48. The molecule has 1 saturated heterocycles. The Labute approximate surface area is 153 Å². The first-order valence-electron chi connectivity index (χ1n) is 8.78. The average molecular weight is 348 g/mol. The first-order valence-corrected chi connectivity index (χ1v) is 8.78. The summed E-state index contributed by atoms with van der Waals surface area (Å²) in [7, 11) is 3.77. The van der Waals surface area contributed by atoms with Crippen molar-refractivity contribution in [3.8, 4) is 22.8 Å². The summed E-state index contributed by atoms with van der Waals surface area (Å²) in [4.78, 5) is 6.49. The molecule has 2 heterocycles. The second kappa shape index (κ2) is 7.36. The maximum Gasteiger partial charge on any atom is 0.493 e. The Balaban J connectivity index is 1.52. The monoisotopic (exact) mass is 348 g/mol. The van der Waals surface area contributed by atoms with E-state index >= 15 is 0 Å². The molecule has 26 heavy (non-hydrogen) atoms. The molecule has 1 aliphatic rings. The Kier molecular flexibility index (Phi) is 4.78. The Morgan fingerprint density at radius 3 is 2.19 bits per heavy atom. The van der Waals surface area contributed by atoms with Crippen LogP contribution in [0.15, 0.2) is 59.1 Å². The molecular weight excluding hydrogens is 327 g/mol. The van der Waals surface area contributed by atoms with Gasteiger partial charge in [0.15, 0.2) is 5.76 Å². The van der Waals surface area contributed by atoms with Crippen molar-refractivity contribution in [2.45, 2.75) is 6.42 Å². The summed E-state index contributed by atoms with van der Waals surface area (Å²) in [5.41, 5.74) is 4.10. The van der Waals surface area contributed by atoms with Gasteiger partial charge >= 0.3 is 7.12 Å². The van der Waals surface area contributed by atoms with E-state index in [-0.39, 0.29) is 7.12 Å². The smallest absolute Gasteiger partial charge is 0.436 e. The summed E-state index contributed by atoms with van der Waals surface area (Å²) in [6.07, 6.45) is 2.71. The van der Waals surface area contributed by atoms with Crippen molar-refractivity contribution in [3.63, 3.8) is 0 Å². The van der Waals surface area contributed by atoms with Gasteiger partial charge in [-0.15, -0.1) is 0 Å². The van der Waals surface area contributed by atoms with Crippen LogP contribution in [0.3, 0.4) is 0 Å². The normalized spacial score (nSPS) is 14.5. The molecule has 1 fully saturated rings. The zero-order valence-corrected chi connectivity index (χ0v) is 15.0. The minimum atomic E-state index is -0.270. The molecule has 2 aromatic carbocycles. The highest BCUT2D eigenvalue weighted by Crippen LogP contribution is 2.27. The van der Waals surface area contributed by atoms with Crippen molar-refractivity contribution < 1.29 is 13.7 Å². The molecule has 6 heteroatoms. The standard InChI is InChI=1S/C20H21BN2O3/c1-23(2)18-10-6-15(7-11-18)19-14-22-20(26-19)16-4-8-17(9-5-16)21-24-12-3-13-25-21/h4-11,14H,3,12-13H2,1-2H3. The summed E-state index contributed by atoms with van der Waals surface area (Å²) in [6, 6.07) is 16.2. The van der Waals surface area contributed by atoms with Gasteiger partial charge in [-0.3, -0.25) is 0 Å². The van der Waals surface area contributed by atoms with Gasteiger partial charge in [-0.05, 0) is 48.3 Å². The van der Waals surface area contributed by atoms with E-state index in [1.807, 2.05) is 50.5 Å². The van der Waals surface area contributed by atoms with E-state index in [0.29, 0.717) is 5.89 Å². The zero-order chi connectivity index (χ0) is 17.9. The van der Waals surface area contributed by atoms with Crippen LogP contribution in [0.1, 0.15) is 6.42 Å². The van der Waals surface area contributed by atoms with E-state index in [1.54, 1.807) is 6.20 Å². The molecule has 0 unspecified atom stereocenters. The van der Waals surface area contributed by atoms with Gasteiger partial charge in [0, 0.05) is 44.1 Å². The third kappa shape index (κ3) is 3.52. The fourth-order valence-electron chi connectivity index (χ4n) is 2.93. The molecule has 132 valence electrons. The third-order valence-electron chi connectivity index (χ3n) is 4.43. The zero-order valence-electron chi connectivity index (χ0n) is 15.0. The van der Waals surface area contributed by atoms with Gasteiger partial charge in [-0.25, -0.2) is 4.98 Å². The molecule has 0 bridgehead atoms. The lowest BCUT2D eigenvalue weighted by atomic mass is 9.78. The van der Waals surface area contributed by atoms with Gasteiger partial charge < -0.3 is 18.6 Å². The highest BCUT2D eigenvalue weighted by molar-refractivity contribution is 6.61. The number of hydrogen-bond acceptors (Lipinski definition) is 5. The van der Waals surface area contributed by atoms with Gasteiger partial charge in [0.1, 0.15) is 0 Å². The highest BCUT2D eigenvalue weighted by Gasteiger charge is 2.24. The van der Waals surface area contributed by atoms with E-state index < -0.39 is 0 Å². The minimum Gasteiger partial charge on any atom is -0.436 e. The molecular formula is C20H21BN2O3. The van der Waals surface area contributed by atoms with Crippen molar-refractivity contribution >= 4 is 18.3 Å². The average Bonchev–Trinajstić information content (AvgIpc) is 3.19. The van der Waals surface area contributed by atoms with Crippen molar-refractivity contribution in [3.05, 3.63) is 54.7 Å². The predicted octanol–water partition coefficient (Wildman–Crippen LogP) is 3.21. The Hall–Kier alpha value is -2.57. The van der Waals surface area contributed by atoms with Crippen molar-refractivity contribution in [1.29, 1.82) is 0 Å². The lowest BCUT2D eigenvalue weighted by Crippen LogP contribution is -2.40. The number of aromatic nitrogens is 1. The molecule has 0 spiro atoms. The summed E-state index contributed by atoms with van der Waals surface area (Å²) < 4.78 is 17.2.